The Balaban J connectivity index is 2.65. The molecule has 142 valence electrons. The third-order valence-corrected chi connectivity index (χ3v) is 5.27. The molecule has 0 unspecified atom stereocenters. The lowest BCUT2D eigenvalue weighted by Gasteiger charge is -2.28. The number of hydrogen-bond donors (Lipinski definition) is 2. The number of nitrogens with one attached hydrogen (secondary N) is 2. The highest BCUT2D eigenvalue weighted by molar-refractivity contribution is 7.90. The SMILES string of the molecule is CN=C(NCc1ccc(S(C)(=O)=O)c(C)c1)NCC(C)(C)CC(C)C. The van der Waals surface area contributed by atoms with Crippen LogP contribution < -0.4 is 10.6 Å². The first-order valence-corrected chi connectivity index (χ1v) is 10.6. The van der Waals surface area contributed by atoms with Gasteiger partial charge in [-0.05, 0) is 41.9 Å². The third kappa shape index (κ3) is 7.46. The zero-order valence-electron chi connectivity index (χ0n) is 16.6. The van der Waals surface area contributed by atoms with E-state index in [-0.39, 0.29) is 5.41 Å². The molecule has 1 rings (SSSR count). The van der Waals surface area contributed by atoms with Crippen LogP contribution >= 0.6 is 0 Å². The van der Waals surface area contributed by atoms with Crippen molar-refractivity contribution in [2.45, 2.75) is 52.5 Å². The molecule has 1 aromatic carbocycles. The molecule has 0 heterocycles. The molecule has 0 radical (unpaired) electrons. The smallest absolute Gasteiger partial charge is 0.191 e. The van der Waals surface area contributed by atoms with Gasteiger partial charge in [0.1, 0.15) is 0 Å². The Morgan fingerprint density at radius 1 is 1.24 bits per heavy atom. The number of nitrogens with zero attached hydrogens (tertiary/aromatic N) is 1. The van der Waals surface area contributed by atoms with Crippen molar-refractivity contribution in [3.8, 4) is 0 Å². The van der Waals surface area contributed by atoms with Gasteiger partial charge in [0.15, 0.2) is 15.8 Å². The van der Waals surface area contributed by atoms with Crippen LogP contribution in [-0.4, -0.2) is 34.2 Å². The highest BCUT2D eigenvalue weighted by Crippen LogP contribution is 2.24. The average molecular weight is 368 g/mol. The van der Waals surface area contributed by atoms with Gasteiger partial charge in [-0.3, -0.25) is 4.99 Å². The van der Waals surface area contributed by atoms with E-state index in [9.17, 15) is 8.42 Å². The summed E-state index contributed by atoms with van der Waals surface area (Å²) >= 11 is 0. The van der Waals surface area contributed by atoms with E-state index < -0.39 is 9.84 Å². The first-order valence-electron chi connectivity index (χ1n) is 8.69. The van der Waals surface area contributed by atoms with Gasteiger partial charge in [-0.25, -0.2) is 8.42 Å². The summed E-state index contributed by atoms with van der Waals surface area (Å²) in [7, 11) is -1.42. The Kier molecular flexibility index (Phi) is 7.47. The molecule has 5 nitrogen and oxygen atoms in total. The van der Waals surface area contributed by atoms with E-state index in [4.69, 9.17) is 0 Å². The molecule has 0 spiro atoms. The van der Waals surface area contributed by atoms with Crippen molar-refractivity contribution in [2.75, 3.05) is 19.8 Å². The standard InChI is InChI=1S/C19H33N3O2S/c1-14(2)11-19(4,5)13-22-18(20-6)21-12-16-8-9-17(15(3)10-16)25(7,23)24/h8-10,14H,11-13H2,1-7H3,(H2,20,21,22). The molecule has 0 fully saturated rings. The summed E-state index contributed by atoms with van der Waals surface area (Å²) in [6, 6.07) is 5.41. The highest BCUT2D eigenvalue weighted by atomic mass is 32.2. The second kappa shape index (κ2) is 8.70. The van der Waals surface area contributed by atoms with Crippen LogP contribution in [0.25, 0.3) is 0 Å². The van der Waals surface area contributed by atoms with E-state index in [1.807, 2.05) is 19.1 Å². The van der Waals surface area contributed by atoms with Crippen molar-refractivity contribution in [2.24, 2.45) is 16.3 Å². The van der Waals surface area contributed by atoms with E-state index in [1.54, 1.807) is 13.1 Å². The molecule has 0 atom stereocenters. The van der Waals surface area contributed by atoms with Gasteiger partial charge in [-0.15, -0.1) is 0 Å². The van der Waals surface area contributed by atoms with E-state index in [2.05, 4.69) is 43.3 Å². The summed E-state index contributed by atoms with van der Waals surface area (Å²) < 4.78 is 23.4. The van der Waals surface area contributed by atoms with Crippen LogP contribution in [-0.2, 0) is 16.4 Å². The van der Waals surface area contributed by atoms with Crippen molar-refractivity contribution < 1.29 is 8.42 Å². The minimum absolute atomic E-state index is 0.194. The minimum Gasteiger partial charge on any atom is -0.356 e. The number of benzene rings is 1. The molecule has 0 aromatic heterocycles. The molecule has 25 heavy (non-hydrogen) atoms. The molecular weight excluding hydrogens is 334 g/mol. The Labute approximate surface area is 153 Å². The predicted octanol–water partition coefficient (Wildman–Crippen LogP) is 3.14. The van der Waals surface area contributed by atoms with Crippen LogP contribution in [0.1, 0.15) is 45.2 Å². The van der Waals surface area contributed by atoms with Crippen LogP contribution in [0, 0.1) is 18.3 Å². The largest absolute Gasteiger partial charge is 0.356 e. The zero-order valence-corrected chi connectivity index (χ0v) is 17.4. The van der Waals surface area contributed by atoms with Gasteiger partial charge in [0, 0.05) is 26.4 Å². The van der Waals surface area contributed by atoms with Crippen LogP contribution in [0.15, 0.2) is 28.1 Å². The van der Waals surface area contributed by atoms with Crippen molar-refractivity contribution in [3.63, 3.8) is 0 Å². The highest BCUT2D eigenvalue weighted by Gasteiger charge is 2.19. The normalized spacial score (nSPS) is 13.2. The Hall–Kier alpha value is -1.56. The van der Waals surface area contributed by atoms with Crippen LogP contribution in [0.4, 0.5) is 0 Å². The molecule has 6 heteroatoms. The van der Waals surface area contributed by atoms with Crippen molar-refractivity contribution in [1.82, 2.24) is 10.6 Å². The average Bonchev–Trinajstić information content (AvgIpc) is 2.44. The number of hydrogen-bond acceptors (Lipinski definition) is 3. The van der Waals surface area contributed by atoms with Crippen molar-refractivity contribution in [3.05, 3.63) is 29.3 Å². The second-order valence-electron chi connectivity index (χ2n) is 7.91. The van der Waals surface area contributed by atoms with Gasteiger partial charge in [0.25, 0.3) is 0 Å². The Bertz CT molecular complexity index is 707. The van der Waals surface area contributed by atoms with Crippen molar-refractivity contribution >= 4 is 15.8 Å². The predicted molar refractivity (Wildman–Crippen MR) is 106 cm³/mol. The molecular formula is C19H33N3O2S. The Morgan fingerprint density at radius 2 is 1.88 bits per heavy atom. The number of aliphatic imine (C=N–C) groups is 1. The van der Waals surface area contributed by atoms with E-state index in [0.717, 1.165) is 30.1 Å². The van der Waals surface area contributed by atoms with E-state index in [0.29, 0.717) is 17.4 Å². The summed E-state index contributed by atoms with van der Waals surface area (Å²) in [4.78, 5) is 4.65. The fourth-order valence-corrected chi connectivity index (χ4v) is 4.10. The van der Waals surface area contributed by atoms with Crippen molar-refractivity contribution in [1.29, 1.82) is 0 Å². The molecule has 0 aliphatic heterocycles. The monoisotopic (exact) mass is 367 g/mol. The van der Waals surface area contributed by atoms with E-state index >= 15 is 0 Å². The molecule has 0 saturated heterocycles. The molecule has 0 amide bonds. The lowest BCUT2D eigenvalue weighted by molar-refractivity contribution is 0.286. The van der Waals surface area contributed by atoms with Gasteiger partial charge < -0.3 is 10.6 Å². The second-order valence-corrected chi connectivity index (χ2v) is 9.90. The van der Waals surface area contributed by atoms with Crippen LogP contribution in [0.2, 0.25) is 0 Å². The molecule has 2 N–H and O–H groups in total. The van der Waals surface area contributed by atoms with Gasteiger partial charge in [-0.1, -0.05) is 39.8 Å². The number of aryl methyl sites for hydroxylation is 1. The lowest BCUT2D eigenvalue weighted by atomic mass is 9.84. The fraction of sp³-hybridized carbons (Fsp3) is 0.632. The van der Waals surface area contributed by atoms with Crippen LogP contribution in [0.3, 0.4) is 0 Å². The maximum Gasteiger partial charge on any atom is 0.191 e. The Morgan fingerprint density at radius 3 is 2.36 bits per heavy atom. The minimum atomic E-state index is -3.18. The van der Waals surface area contributed by atoms with Gasteiger partial charge >= 0.3 is 0 Å². The first kappa shape index (κ1) is 21.5. The van der Waals surface area contributed by atoms with Gasteiger partial charge in [0.2, 0.25) is 0 Å². The third-order valence-electron chi connectivity index (χ3n) is 4.02. The quantitative estimate of drug-likeness (QED) is 0.574. The topological polar surface area (TPSA) is 70.6 Å². The van der Waals surface area contributed by atoms with E-state index in [1.165, 1.54) is 6.26 Å². The summed E-state index contributed by atoms with van der Waals surface area (Å²) in [5.74, 6) is 1.41. The van der Waals surface area contributed by atoms with Gasteiger partial charge in [-0.2, -0.15) is 0 Å². The fourth-order valence-electron chi connectivity index (χ4n) is 3.14. The summed E-state index contributed by atoms with van der Waals surface area (Å²) in [6.45, 7) is 12.2. The number of rotatable bonds is 7. The number of guanidine groups is 1. The summed E-state index contributed by atoms with van der Waals surface area (Å²) in [5.41, 5.74) is 1.98. The maximum absolute atomic E-state index is 11.7. The zero-order chi connectivity index (χ0) is 19.3. The molecule has 1 aromatic rings. The lowest BCUT2D eigenvalue weighted by Crippen LogP contribution is -2.42. The summed E-state index contributed by atoms with van der Waals surface area (Å²) in [6.07, 6.45) is 2.38. The summed E-state index contributed by atoms with van der Waals surface area (Å²) in [5, 5.41) is 6.67. The molecule has 0 aliphatic rings. The maximum atomic E-state index is 11.7. The molecule has 0 saturated carbocycles. The molecule has 0 bridgehead atoms. The number of sulfone groups is 1. The van der Waals surface area contributed by atoms with Crippen LogP contribution in [0.5, 0.6) is 0 Å². The molecule has 0 aliphatic carbocycles. The first-order chi connectivity index (χ1) is 11.4. The van der Waals surface area contributed by atoms with Gasteiger partial charge in [0.05, 0.1) is 4.90 Å².